The predicted octanol–water partition coefficient (Wildman–Crippen LogP) is 3.65. The van der Waals surface area contributed by atoms with E-state index in [-0.39, 0.29) is 24.6 Å². The number of nitrogens with one attached hydrogen (secondary N) is 1. The molecule has 122 valence electrons. The summed E-state index contributed by atoms with van der Waals surface area (Å²) in [5, 5.41) is 22.9. The van der Waals surface area contributed by atoms with Crippen molar-refractivity contribution in [3.05, 3.63) is 33.8 Å². The summed E-state index contributed by atoms with van der Waals surface area (Å²) in [5.74, 6) is -0.922. The summed E-state index contributed by atoms with van der Waals surface area (Å²) >= 11 is 12.0. The third-order valence-electron chi connectivity index (χ3n) is 4.28. The molecule has 1 fully saturated rings. The zero-order valence-electron chi connectivity index (χ0n) is 12.3. The summed E-state index contributed by atoms with van der Waals surface area (Å²) in [6.07, 6.45) is 3.64. The zero-order valence-corrected chi connectivity index (χ0v) is 13.8. The summed E-state index contributed by atoms with van der Waals surface area (Å²) in [4.78, 5) is 11.0. The van der Waals surface area contributed by atoms with Crippen LogP contribution in [0.5, 0.6) is 0 Å². The van der Waals surface area contributed by atoms with Crippen molar-refractivity contribution in [2.24, 2.45) is 5.92 Å². The topological polar surface area (TPSA) is 69.6 Å². The van der Waals surface area contributed by atoms with E-state index in [1.807, 2.05) is 12.1 Å². The van der Waals surface area contributed by atoms with Gasteiger partial charge in [0.2, 0.25) is 0 Å². The lowest BCUT2D eigenvalue weighted by Gasteiger charge is -2.31. The summed E-state index contributed by atoms with van der Waals surface area (Å²) < 4.78 is 0. The highest BCUT2D eigenvalue weighted by atomic mass is 35.5. The van der Waals surface area contributed by atoms with Crippen LogP contribution < -0.4 is 5.32 Å². The Kier molecular flexibility index (Phi) is 6.50. The number of aliphatic hydroxyl groups is 1. The molecule has 0 amide bonds. The molecule has 22 heavy (non-hydrogen) atoms. The maximum Gasteiger partial charge on any atom is 0.306 e. The Morgan fingerprint density at radius 2 is 1.91 bits per heavy atom. The first kappa shape index (κ1) is 17.5. The molecular weight excluding hydrogens is 325 g/mol. The van der Waals surface area contributed by atoms with E-state index in [4.69, 9.17) is 28.3 Å². The van der Waals surface area contributed by atoms with E-state index in [9.17, 15) is 9.90 Å². The van der Waals surface area contributed by atoms with E-state index in [0.29, 0.717) is 29.3 Å². The van der Waals surface area contributed by atoms with Gasteiger partial charge >= 0.3 is 5.97 Å². The van der Waals surface area contributed by atoms with Gasteiger partial charge in [-0.3, -0.25) is 4.79 Å². The molecule has 0 aliphatic heterocycles. The second kappa shape index (κ2) is 8.16. The Balaban J connectivity index is 2.00. The highest BCUT2D eigenvalue weighted by molar-refractivity contribution is 6.42. The smallest absolute Gasteiger partial charge is 0.306 e. The number of carboxylic acids is 1. The molecule has 4 nitrogen and oxygen atoms in total. The molecule has 0 saturated heterocycles. The molecule has 1 unspecified atom stereocenters. The fourth-order valence-electron chi connectivity index (χ4n) is 3.00. The SMILES string of the molecule is O=C(O)C1CCC(NC(CCO)c2ccc(Cl)c(Cl)c2)CC1. The lowest BCUT2D eigenvalue weighted by molar-refractivity contribution is -0.142. The second-order valence-corrected chi connectivity index (χ2v) is 6.61. The van der Waals surface area contributed by atoms with Crippen LogP contribution in [-0.4, -0.2) is 28.8 Å². The van der Waals surface area contributed by atoms with Crippen LogP contribution in [0.2, 0.25) is 10.0 Å². The number of halogens is 2. The summed E-state index contributed by atoms with van der Waals surface area (Å²) in [6, 6.07) is 5.74. The number of hydrogen-bond acceptors (Lipinski definition) is 3. The minimum absolute atomic E-state index is 0.00820. The van der Waals surface area contributed by atoms with Crippen molar-refractivity contribution in [1.29, 1.82) is 0 Å². The number of aliphatic hydroxyl groups excluding tert-OH is 1. The van der Waals surface area contributed by atoms with E-state index in [0.717, 1.165) is 18.4 Å². The lowest BCUT2D eigenvalue weighted by atomic mass is 9.85. The first-order valence-electron chi connectivity index (χ1n) is 7.56. The van der Waals surface area contributed by atoms with Crippen molar-refractivity contribution < 1.29 is 15.0 Å². The van der Waals surface area contributed by atoms with Crippen LogP contribution in [0.3, 0.4) is 0 Å². The van der Waals surface area contributed by atoms with E-state index in [2.05, 4.69) is 5.32 Å². The molecule has 1 atom stereocenters. The molecule has 1 aromatic rings. The van der Waals surface area contributed by atoms with Crippen molar-refractivity contribution in [2.75, 3.05) is 6.61 Å². The molecule has 1 aromatic carbocycles. The largest absolute Gasteiger partial charge is 0.481 e. The maximum atomic E-state index is 11.0. The minimum Gasteiger partial charge on any atom is -0.481 e. The molecule has 3 N–H and O–H groups in total. The van der Waals surface area contributed by atoms with Gasteiger partial charge in [0.05, 0.1) is 16.0 Å². The molecular formula is C16H21Cl2NO3. The first-order valence-corrected chi connectivity index (χ1v) is 8.31. The number of hydrogen-bond donors (Lipinski definition) is 3. The van der Waals surface area contributed by atoms with Crippen LogP contribution in [0.4, 0.5) is 0 Å². The van der Waals surface area contributed by atoms with Gasteiger partial charge in [-0.1, -0.05) is 29.3 Å². The third-order valence-corrected chi connectivity index (χ3v) is 5.02. The molecule has 1 aliphatic rings. The molecule has 6 heteroatoms. The lowest BCUT2D eigenvalue weighted by Crippen LogP contribution is -2.37. The van der Waals surface area contributed by atoms with Gasteiger partial charge in [0.15, 0.2) is 0 Å². The highest BCUT2D eigenvalue weighted by Gasteiger charge is 2.27. The summed E-state index contributed by atoms with van der Waals surface area (Å²) in [7, 11) is 0. The van der Waals surface area contributed by atoms with Crippen LogP contribution >= 0.6 is 23.2 Å². The van der Waals surface area contributed by atoms with Crippen LogP contribution in [0.1, 0.15) is 43.7 Å². The first-order chi connectivity index (χ1) is 10.5. The Labute approximate surface area is 140 Å². The molecule has 0 heterocycles. The quantitative estimate of drug-likeness (QED) is 0.735. The van der Waals surface area contributed by atoms with Crippen LogP contribution in [0.25, 0.3) is 0 Å². The molecule has 0 radical (unpaired) electrons. The molecule has 1 saturated carbocycles. The molecule has 0 spiro atoms. The Hall–Kier alpha value is -0.810. The Bertz CT molecular complexity index is 516. The van der Waals surface area contributed by atoms with E-state index in [1.54, 1.807) is 6.07 Å². The monoisotopic (exact) mass is 345 g/mol. The normalized spacial score (nSPS) is 23.2. The number of carbonyl (C=O) groups is 1. The van der Waals surface area contributed by atoms with Gasteiger partial charge in [-0.05, 0) is 49.8 Å². The fraction of sp³-hybridized carbons (Fsp3) is 0.562. The average Bonchev–Trinajstić information content (AvgIpc) is 2.50. The van der Waals surface area contributed by atoms with Crippen LogP contribution in [0, 0.1) is 5.92 Å². The summed E-state index contributed by atoms with van der Waals surface area (Å²) in [6.45, 7) is 0.0718. The van der Waals surface area contributed by atoms with Gasteiger partial charge in [0.25, 0.3) is 0 Å². The van der Waals surface area contributed by atoms with Gasteiger partial charge in [-0.25, -0.2) is 0 Å². The Morgan fingerprint density at radius 3 is 2.45 bits per heavy atom. The highest BCUT2D eigenvalue weighted by Crippen LogP contribution is 2.30. The predicted molar refractivity (Wildman–Crippen MR) is 87.4 cm³/mol. The van der Waals surface area contributed by atoms with E-state index >= 15 is 0 Å². The zero-order chi connectivity index (χ0) is 16.1. The van der Waals surface area contributed by atoms with Crippen molar-refractivity contribution in [2.45, 2.75) is 44.2 Å². The molecule has 0 bridgehead atoms. The molecule has 0 aromatic heterocycles. The van der Waals surface area contributed by atoms with Crippen molar-refractivity contribution >= 4 is 29.2 Å². The van der Waals surface area contributed by atoms with E-state index < -0.39 is 5.97 Å². The minimum atomic E-state index is -0.699. The standard InChI is InChI=1S/C16H21Cl2NO3/c17-13-6-3-11(9-14(13)18)15(7-8-20)19-12-4-1-10(2-5-12)16(21)22/h3,6,9-10,12,15,19-20H,1-2,4-5,7-8H2,(H,21,22). The van der Waals surface area contributed by atoms with Crippen LogP contribution in [0.15, 0.2) is 18.2 Å². The van der Waals surface area contributed by atoms with Crippen molar-refractivity contribution in [3.63, 3.8) is 0 Å². The third kappa shape index (κ3) is 4.59. The fourth-order valence-corrected chi connectivity index (χ4v) is 3.30. The second-order valence-electron chi connectivity index (χ2n) is 5.79. The van der Waals surface area contributed by atoms with Gasteiger partial charge in [-0.2, -0.15) is 0 Å². The molecule has 1 aliphatic carbocycles. The van der Waals surface area contributed by atoms with Crippen molar-refractivity contribution in [1.82, 2.24) is 5.32 Å². The number of carboxylic acid groups (broad SMARTS) is 1. The maximum absolute atomic E-state index is 11.0. The van der Waals surface area contributed by atoms with Gasteiger partial charge in [0.1, 0.15) is 0 Å². The number of benzene rings is 1. The van der Waals surface area contributed by atoms with Gasteiger partial charge in [0, 0.05) is 18.7 Å². The van der Waals surface area contributed by atoms with Gasteiger partial charge < -0.3 is 15.5 Å². The number of rotatable bonds is 6. The number of aliphatic carboxylic acids is 1. The molecule has 2 rings (SSSR count). The average molecular weight is 346 g/mol. The van der Waals surface area contributed by atoms with Gasteiger partial charge in [-0.15, -0.1) is 0 Å². The van der Waals surface area contributed by atoms with Crippen molar-refractivity contribution in [3.8, 4) is 0 Å². The van der Waals surface area contributed by atoms with Crippen LogP contribution in [-0.2, 0) is 4.79 Å². The Morgan fingerprint density at radius 1 is 1.23 bits per heavy atom. The van der Waals surface area contributed by atoms with E-state index in [1.165, 1.54) is 0 Å². The summed E-state index contributed by atoms with van der Waals surface area (Å²) in [5.41, 5.74) is 0.990.